The van der Waals surface area contributed by atoms with Crippen LogP contribution in [0.3, 0.4) is 0 Å². The summed E-state index contributed by atoms with van der Waals surface area (Å²) in [6.45, 7) is 3.78. The predicted octanol–water partition coefficient (Wildman–Crippen LogP) is 4.74. The van der Waals surface area contributed by atoms with E-state index in [1.165, 1.54) is 0 Å². The number of rotatable bonds is 6. The van der Waals surface area contributed by atoms with Gasteiger partial charge < -0.3 is 0 Å². The molecule has 0 aliphatic heterocycles. The van der Waals surface area contributed by atoms with Gasteiger partial charge in [-0.2, -0.15) is 5.10 Å². The van der Waals surface area contributed by atoms with Crippen molar-refractivity contribution in [3.8, 4) is 11.3 Å². The first-order valence-electron chi connectivity index (χ1n) is 10.6. The molecule has 34 heavy (non-hydrogen) atoms. The normalized spacial score (nSPS) is 11.9. The third-order valence-electron chi connectivity index (χ3n) is 5.31. The van der Waals surface area contributed by atoms with Crippen LogP contribution in [-0.2, 0) is 10.0 Å². The number of nitrogens with one attached hydrogen (secondary N) is 2. The zero-order chi connectivity index (χ0) is 24.3. The molecule has 1 heterocycles. The van der Waals surface area contributed by atoms with E-state index >= 15 is 0 Å². The molecule has 0 saturated heterocycles. The van der Waals surface area contributed by atoms with Crippen LogP contribution in [0.25, 0.3) is 22.2 Å². The number of aryl methyl sites for hydroxylation is 1. The van der Waals surface area contributed by atoms with E-state index in [2.05, 4.69) is 15.2 Å². The van der Waals surface area contributed by atoms with Crippen LogP contribution in [0, 0.1) is 6.92 Å². The summed E-state index contributed by atoms with van der Waals surface area (Å²) in [5.74, 6) is -0.344. The van der Waals surface area contributed by atoms with Gasteiger partial charge in [0.1, 0.15) is 0 Å². The summed E-state index contributed by atoms with van der Waals surface area (Å²) in [6.07, 6.45) is 1.09. The van der Waals surface area contributed by atoms with Gasteiger partial charge in [-0.3, -0.25) is 9.52 Å². The Bertz CT molecular complexity index is 1510. The average Bonchev–Trinajstić information content (AvgIpc) is 2.81. The minimum absolute atomic E-state index is 0.344. The molecule has 172 valence electrons. The lowest BCUT2D eigenvalue weighted by Crippen LogP contribution is -2.20. The Labute approximate surface area is 198 Å². The number of carbonyl (C=O) groups is 1. The molecule has 0 spiro atoms. The molecule has 4 rings (SSSR count). The van der Waals surface area contributed by atoms with E-state index in [0.29, 0.717) is 17.0 Å². The van der Waals surface area contributed by atoms with Crippen molar-refractivity contribution in [3.63, 3.8) is 0 Å². The average molecular weight is 473 g/mol. The van der Waals surface area contributed by atoms with E-state index < -0.39 is 10.0 Å². The summed E-state index contributed by atoms with van der Waals surface area (Å²) in [4.78, 5) is 17.9. The molecular formula is C26H24N4O3S. The molecule has 1 amide bonds. The van der Waals surface area contributed by atoms with Gasteiger partial charge in [-0.15, -0.1) is 0 Å². The fourth-order valence-corrected chi connectivity index (χ4v) is 4.18. The SMILES string of the molecule is C/C(=N/NC(=O)c1cc(-c2ccccc2C)nc2ccccc12)c1ccc(NS(C)(=O)=O)cc1. The zero-order valence-electron chi connectivity index (χ0n) is 19.0. The van der Waals surface area contributed by atoms with Gasteiger partial charge in [0.2, 0.25) is 10.0 Å². The maximum absolute atomic E-state index is 13.2. The van der Waals surface area contributed by atoms with Crippen molar-refractivity contribution in [1.82, 2.24) is 10.4 Å². The molecule has 3 aromatic carbocycles. The van der Waals surface area contributed by atoms with Crippen molar-refractivity contribution in [2.24, 2.45) is 5.10 Å². The fraction of sp³-hybridized carbons (Fsp3) is 0.115. The second-order valence-corrected chi connectivity index (χ2v) is 9.73. The number of anilines is 1. The van der Waals surface area contributed by atoms with Crippen LogP contribution in [0.15, 0.2) is 84.0 Å². The van der Waals surface area contributed by atoms with Gasteiger partial charge in [0.25, 0.3) is 5.91 Å². The Hall–Kier alpha value is -4.04. The van der Waals surface area contributed by atoms with Crippen LogP contribution in [0.2, 0.25) is 0 Å². The van der Waals surface area contributed by atoms with Gasteiger partial charge in [-0.1, -0.05) is 54.6 Å². The van der Waals surface area contributed by atoms with Gasteiger partial charge in [-0.25, -0.2) is 18.8 Å². The van der Waals surface area contributed by atoms with E-state index in [0.717, 1.165) is 39.5 Å². The quantitative estimate of drug-likeness (QED) is 0.313. The van der Waals surface area contributed by atoms with Gasteiger partial charge in [0.15, 0.2) is 0 Å². The van der Waals surface area contributed by atoms with Crippen molar-refractivity contribution in [2.45, 2.75) is 13.8 Å². The van der Waals surface area contributed by atoms with Gasteiger partial charge >= 0.3 is 0 Å². The van der Waals surface area contributed by atoms with Crippen molar-refractivity contribution in [1.29, 1.82) is 0 Å². The standard InChI is InChI=1S/C26H24N4O3S/c1-17-8-4-5-9-21(17)25-16-23(22-10-6-7-11-24(22)27-25)26(31)29-28-18(2)19-12-14-20(15-13-19)30-34(3,32)33/h4-16,30H,1-3H3,(H,29,31)/b28-18-. The molecule has 0 fully saturated rings. The molecule has 0 bridgehead atoms. The molecule has 1 aromatic heterocycles. The lowest BCUT2D eigenvalue weighted by molar-refractivity contribution is 0.0956. The van der Waals surface area contributed by atoms with E-state index in [9.17, 15) is 13.2 Å². The van der Waals surface area contributed by atoms with E-state index in [-0.39, 0.29) is 5.91 Å². The number of para-hydroxylation sites is 1. The second kappa shape index (κ2) is 9.44. The molecule has 0 aliphatic carbocycles. The number of carbonyl (C=O) groups excluding carboxylic acids is 1. The van der Waals surface area contributed by atoms with E-state index in [4.69, 9.17) is 4.98 Å². The molecule has 0 unspecified atom stereocenters. The van der Waals surface area contributed by atoms with Crippen LogP contribution >= 0.6 is 0 Å². The number of nitrogens with zero attached hydrogens (tertiary/aromatic N) is 2. The molecule has 0 atom stereocenters. The Kier molecular flexibility index (Phi) is 6.43. The summed E-state index contributed by atoms with van der Waals surface area (Å²) < 4.78 is 25.2. The Balaban J connectivity index is 1.63. The van der Waals surface area contributed by atoms with E-state index in [1.54, 1.807) is 37.3 Å². The van der Waals surface area contributed by atoms with Crippen LogP contribution in [-0.4, -0.2) is 31.3 Å². The van der Waals surface area contributed by atoms with Gasteiger partial charge in [-0.05, 0) is 49.2 Å². The zero-order valence-corrected chi connectivity index (χ0v) is 19.8. The first kappa shape index (κ1) is 23.1. The van der Waals surface area contributed by atoms with Crippen molar-refractivity contribution >= 4 is 38.2 Å². The summed E-state index contributed by atoms with van der Waals surface area (Å²) in [5, 5.41) is 5.00. The number of fused-ring (bicyclic) bond motifs is 1. The maximum atomic E-state index is 13.2. The number of pyridine rings is 1. The number of amides is 1. The number of hydrazone groups is 1. The summed E-state index contributed by atoms with van der Waals surface area (Å²) in [7, 11) is -3.35. The number of hydrogen-bond acceptors (Lipinski definition) is 5. The molecule has 7 nitrogen and oxygen atoms in total. The van der Waals surface area contributed by atoms with Gasteiger partial charge in [0, 0.05) is 16.6 Å². The molecule has 0 radical (unpaired) electrons. The highest BCUT2D eigenvalue weighted by molar-refractivity contribution is 7.92. The van der Waals surface area contributed by atoms with Crippen molar-refractivity contribution in [2.75, 3.05) is 11.0 Å². The predicted molar refractivity (Wildman–Crippen MR) is 137 cm³/mol. The molecule has 0 saturated carbocycles. The number of sulfonamides is 1. The minimum Gasteiger partial charge on any atom is -0.284 e. The smallest absolute Gasteiger partial charge is 0.272 e. The van der Waals surface area contributed by atoms with Crippen molar-refractivity contribution < 1.29 is 13.2 Å². The summed E-state index contributed by atoms with van der Waals surface area (Å²) >= 11 is 0. The molecule has 8 heteroatoms. The lowest BCUT2D eigenvalue weighted by Gasteiger charge is -2.11. The Morgan fingerprint density at radius 1 is 0.941 bits per heavy atom. The van der Waals surface area contributed by atoms with Gasteiger partial charge in [0.05, 0.1) is 28.7 Å². The summed E-state index contributed by atoms with van der Waals surface area (Å²) in [6, 6.07) is 24.0. The molecular weight excluding hydrogens is 448 g/mol. The Morgan fingerprint density at radius 2 is 1.62 bits per heavy atom. The number of aromatic nitrogens is 1. The largest absolute Gasteiger partial charge is 0.284 e. The van der Waals surface area contributed by atoms with E-state index in [1.807, 2.05) is 55.5 Å². The highest BCUT2D eigenvalue weighted by atomic mass is 32.2. The summed E-state index contributed by atoms with van der Waals surface area (Å²) in [5.41, 5.74) is 8.38. The first-order valence-corrected chi connectivity index (χ1v) is 12.5. The monoisotopic (exact) mass is 472 g/mol. The fourth-order valence-electron chi connectivity index (χ4n) is 3.61. The highest BCUT2D eigenvalue weighted by Crippen LogP contribution is 2.27. The third kappa shape index (κ3) is 5.29. The van der Waals surface area contributed by atoms with Crippen LogP contribution < -0.4 is 10.1 Å². The van der Waals surface area contributed by atoms with Crippen LogP contribution in [0.5, 0.6) is 0 Å². The molecule has 0 aliphatic rings. The van der Waals surface area contributed by atoms with Crippen molar-refractivity contribution in [3.05, 3.63) is 95.6 Å². The Morgan fingerprint density at radius 3 is 2.32 bits per heavy atom. The molecule has 2 N–H and O–H groups in total. The third-order valence-corrected chi connectivity index (χ3v) is 5.92. The van der Waals surface area contributed by atoms with Crippen LogP contribution in [0.1, 0.15) is 28.4 Å². The minimum atomic E-state index is -3.35. The lowest BCUT2D eigenvalue weighted by atomic mass is 10.0. The highest BCUT2D eigenvalue weighted by Gasteiger charge is 2.15. The van der Waals surface area contributed by atoms with Crippen LogP contribution in [0.4, 0.5) is 5.69 Å². The second-order valence-electron chi connectivity index (χ2n) is 7.98. The topological polar surface area (TPSA) is 101 Å². The first-order chi connectivity index (χ1) is 16.2. The molecule has 4 aromatic rings. The number of hydrogen-bond donors (Lipinski definition) is 2. The number of benzene rings is 3. The maximum Gasteiger partial charge on any atom is 0.272 e.